The number of ether oxygens (including phenoxy) is 4. The Hall–Kier alpha value is -2.12. The maximum absolute atomic E-state index is 12.9. The molecule has 0 spiro atoms. The molecule has 0 saturated carbocycles. The van der Waals surface area contributed by atoms with Crippen molar-refractivity contribution in [1.82, 2.24) is 0 Å². The second-order valence-corrected chi connectivity index (χ2v) is 7.64. The van der Waals surface area contributed by atoms with Crippen molar-refractivity contribution in [1.29, 1.82) is 0 Å². The Labute approximate surface area is 186 Å². The number of hydrogen-bond acceptors (Lipinski definition) is 8. The lowest BCUT2D eigenvalue weighted by Gasteiger charge is -2.29. The summed E-state index contributed by atoms with van der Waals surface area (Å²) < 4.78 is 20.9. The number of unbranched alkanes of at least 4 members (excludes halogenated alkanes) is 6. The minimum atomic E-state index is -2.10. The van der Waals surface area contributed by atoms with E-state index >= 15 is 0 Å². The molecule has 0 fully saturated rings. The van der Waals surface area contributed by atoms with E-state index in [1.54, 1.807) is 0 Å². The summed E-state index contributed by atoms with van der Waals surface area (Å²) in [5, 5.41) is 0. The van der Waals surface area contributed by atoms with Crippen LogP contribution >= 0.6 is 0 Å². The lowest BCUT2D eigenvalue weighted by Crippen LogP contribution is -2.48. The van der Waals surface area contributed by atoms with Gasteiger partial charge < -0.3 is 18.9 Å². The fourth-order valence-electron chi connectivity index (χ4n) is 2.89. The number of carbonyl (C=O) groups is 4. The highest BCUT2D eigenvalue weighted by Gasteiger charge is 2.48. The van der Waals surface area contributed by atoms with E-state index in [9.17, 15) is 19.2 Å². The van der Waals surface area contributed by atoms with Crippen LogP contribution < -0.4 is 0 Å². The Morgan fingerprint density at radius 3 is 1.35 bits per heavy atom. The Morgan fingerprint density at radius 2 is 1.00 bits per heavy atom. The first-order valence-corrected chi connectivity index (χ1v) is 11.5. The van der Waals surface area contributed by atoms with Crippen LogP contribution in [0.3, 0.4) is 0 Å². The number of rotatable bonds is 18. The van der Waals surface area contributed by atoms with Crippen LogP contribution in [0.2, 0.25) is 0 Å². The largest absolute Gasteiger partial charge is 0.466 e. The van der Waals surface area contributed by atoms with Gasteiger partial charge in [-0.2, -0.15) is 0 Å². The molecule has 0 aromatic carbocycles. The maximum atomic E-state index is 12.9. The molecule has 8 nitrogen and oxygen atoms in total. The molecule has 8 heteroatoms. The predicted molar refractivity (Wildman–Crippen MR) is 115 cm³/mol. The van der Waals surface area contributed by atoms with Crippen molar-refractivity contribution in [2.75, 3.05) is 19.8 Å². The Morgan fingerprint density at radius 1 is 0.613 bits per heavy atom. The molecule has 0 aliphatic heterocycles. The fourth-order valence-corrected chi connectivity index (χ4v) is 2.89. The molecule has 0 bridgehead atoms. The molecule has 0 saturated heterocycles. The SMILES string of the molecule is CCCCCOC(=O)CC(CC(=O)OCCCCC)(OC(C)=O)C(=O)OCCCCC. The average molecular weight is 445 g/mol. The summed E-state index contributed by atoms with van der Waals surface area (Å²) in [4.78, 5) is 49.4. The molecule has 0 aliphatic rings. The maximum Gasteiger partial charge on any atom is 0.351 e. The van der Waals surface area contributed by atoms with Gasteiger partial charge in [0.15, 0.2) is 0 Å². The van der Waals surface area contributed by atoms with Crippen molar-refractivity contribution in [2.45, 2.75) is 104 Å². The van der Waals surface area contributed by atoms with Crippen LogP contribution in [-0.2, 0) is 38.1 Å². The Balaban J connectivity index is 5.34. The third kappa shape index (κ3) is 13.7. The zero-order valence-corrected chi connectivity index (χ0v) is 19.7. The van der Waals surface area contributed by atoms with Gasteiger partial charge in [-0.3, -0.25) is 14.4 Å². The van der Waals surface area contributed by atoms with Crippen LogP contribution in [0.1, 0.15) is 98.3 Å². The molecule has 0 aromatic heterocycles. The number of hydrogen-bond donors (Lipinski definition) is 0. The summed E-state index contributed by atoms with van der Waals surface area (Å²) in [7, 11) is 0. The molecule has 180 valence electrons. The van der Waals surface area contributed by atoms with Gasteiger partial charge in [0.2, 0.25) is 5.60 Å². The van der Waals surface area contributed by atoms with Crippen LogP contribution in [0.5, 0.6) is 0 Å². The average Bonchev–Trinajstić information content (AvgIpc) is 2.71. The quantitative estimate of drug-likeness (QED) is 0.175. The second kappa shape index (κ2) is 17.5. The highest BCUT2D eigenvalue weighted by molar-refractivity contribution is 5.92. The highest BCUT2D eigenvalue weighted by Crippen LogP contribution is 2.26. The summed E-state index contributed by atoms with van der Waals surface area (Å²) >= 11 is 0. The van der Waals surface area contributed by atoms with E-state index in [-0.39, 0.29) is 19.8 Å². The normalized spacial score (nSPS) is 11.0. The van der Waals surface area contributed by atoms with Gasteiger partial charge in [-0.05, 0) is 19.3 Å². The molecule has 0 aliphatic carbocycles. The predicted octanol–water partition coefficient (Wildman–Crippen LogP) is 4.27. The molecular weight excluding hydrogens is 404 g/mol. The monoisotopic (exact) mass is 444 g/mol. The third-order valence-corrected chi connectivity index (χ3v) is 4.57. The van der Waals surface area contributed by atoms with Crippen LogP contribution in [0.25, 0.3) is 0 Å². The first-order chi connectivity index (χ1) is 14.8. The van der Waals surface area contributed by atoms with Crippen molar-refractivity contribution in [3.8, 4) is 0 Å². The molecule has 0 unspecified atom stereocenters. The summed E-state index contributed by atoms with van der Waals surface area (Å²) in [6.07, 6.45) is 6.29. The van der Waals surface area contributed by atoms with E-state index < -0.39 is 42.3 Å². The van der Waals surface area contributed by atoms with Crippen molar-refractivity contribution in [3.63, 3.8) is 0 Å². The van der Waals surface area contributed by atoms with E-state index in [1.165, 1.54) is 0 Å². The lowest BCUT2D eigenvalue weighted by molar-refractivity contribution is -0.190. The van der Waals surface area contributed by atoms with E-state index in [0.29, 0.717) is 19.3 Å². The molecule has 0 heterocycles. The second-order valence-electron chi connectivity index (χ2n) is 7.64. The van der Waals surface area contributed by atoms with Gasteiger partial charge in [0.05, 0.1) is 32.7 Å². The Kier molecular flexibility index (Phi) is 16.3. The summed E-state index contributed by atoms with van der Waals surface area (Å²) in [6.45, 7) is 7.65. The molecule has 31 heavy (non-hydrogen) atoms. The van der Waals surface area contributed by atoms with Crippen LogP contribution in [0.4, 0.5) is 0 Å². The summed E-state index contributed by atoms with van der Waals surface area (Å²) in [5.74, 6) is -3.21. The van der Waals surface area contributed by atoms with E-state index in [1.807, 2.05) is 20.8 Å². The summed E-state index contributed by atoms with van der Waals surface area (Å²) in [6, 6.07) is 0. The summed E-state index contributed by atoms with van der Waals surface area (Å²) in [5.41, 5.74) is -2.10. The highest BCUT2D eigenvalue weighted by atomic mass is 16.6. The van der Waals surface area contributed by atoms with Gasteiger partial charge in [0.25, 0.3) is 0 Å². The van der Waals surface area contributed by atoms with Crippen molar-refractivity contribution in [3.05, 3.63) is 0 Å². The van der Waals surface area contributed by atoms with Crippen molar-refractivity contribution in [2.24, 2.45) is 0 Å². The fraction of sp³-hybridized carbons (Fsp3) is 0.826. The lowest BCUT2D eigenvalue weighted by atomic mass is 9.95. The van der Waals surface area contributed by atoms with Gasteiger partial charge in [0.1, 0.15) is 0 Å². The van der Waals surface area contributed by atoms with Crippen molar-refractivity contribution >= 4 is 23.9 Å². The zero-order valence-electron chi connectivity index (χ0n) is 19.7. The molecule has 0 radical (unpaired) electrons. The number of carbonyl (C=O) groups excluding carboxylic acids is 4. The molecule has 0 atom stereocenters. The van der Waals surface area contributed by atoms with Crippen molar-refractivity contribution < 1.29 is 38.1 Å². The van der Waals surface area contributed by atoms with Gasteiger partial charge >= 0.3 is 23.9 Å². The Bertz CT molecular complexity index is 518. The van der Waals surface area contributed by atoms with E-state index in [4.69, 9.17) is 18.9 Å². The van der Waals surface area contributed by atoms with Crippen LogP contribution in [0, 0.1) is 0 Å². The minimum Gasteiger partial charge on any atom is -0.466 e. The number of esters is 4. The van der Waals surface area contributed by atoms with E-state index in [0.717, 1.165) is 45.4 Å². The van der Waals surface area contributed by atoms with Gasteiger partial charge in [-0.15, -0.1) is 0 Å². The van der Waals surface area contributed by atoms with Crippen LogP contribution in [0.15, 0.2) is 0 Å². The molecule has 0 N–H and O–H groups in total. The molecule has 0 rings (SSSR count). The minimum absolute atomic E-state index is 0.104. The first-order valence-electron chi connectivity index (χ1n) is 11.5. The first kappa shape index (κ1) is 28.9. The topological polar surface area (TPSA) is 105 Å². The van der Waals surface area contributed by atoms with Gasteiger partial charge in [0, 0.05) is 6.92 Å². The third-order valence-electron chi connectivity index (χ3n) is 4.57. The standard InChI is InChI=1S/C23H40O8/c1-5-8-11-14-28-20(25)17-23(31-19(4)24,22(27)30-16-13-10-7-3)18-21(26)29-15-12-9-6-2/h5-18H2,1-4H3. The van der Waals surface area contributed by atoms with E-state index in [2.05, 4.69) is 0 Å². The van der Waals surface area contributed by atoms with Gasteiger partial charge in [-0.25, -0.2) is 4.79 Å². The molecular formula is C23H40O8. The van der Waals surface area contributed by atoms with Crippen LogP contribution in [-0.4, -0.2) is 49.3 Å². The van der Waals surface area contributed by atoms with Gasteiger partial charge in [-0.1, -0.05) is 59.3 Å². The molecule has 0 amide bonds. The zero-order chi connectivity index (χ0) is 23.5. The molecule has 0 aromatic rings. The smallest absolute Gasteiger partial charge is 0.351 e.